The highest BCUT2D eigenvalue weighted by Crippen LogP contribution is 2.27. The summed E-state index contributed by atoms with van der Waals surface area (Å²) in [5, 5.41) is 14.7. The zero-order valence-corrected chi connectivity index (χ0v) is 17.1. The van der Waals surface area contributed by atoms with Gasteiger partial charge in [-0.05, 0) is 47.5 Å². The third kappa shape index (κ3) is 3.83. The average Bonchev–Trinajstić information content (AvgIpc) is 3.52. The summed E-state index contributed by atoms with van der Waals surface area (Å²) in [6, 6.07) is 13.5. The number of imidazole rings is 1. The number of rotatable bonds is 6. The van der Waals surface area contributed by atoms with E-state index in [1.807, 2.05) is 36.4 Å². The summed E-state index contributed by atoms with van der Waals surface area (Å²) in [4.78, 5) is 21.5. The molecule has 1 aromatic carbocycles. The lowest BCUT2D eigenvalue weighted by atomic mass is 10.1. The number of benzene rings is 1. The molecular weight excluding hydrogens is 396 g/mol. The van der Waals surface area contributed by atoms with Gasteiger partial charge in [0.25, 0.3) is 5.95 Å². The van der Waals surface area contributed by atoms with Crippen LogP contribution < -0.4 is 10.1 Å². The maximum atomic E-state index is 12.4. The molecule has 5 rings (SSSR count). The highest BCUT2D eigenvalue weighted by Gasteiger charge is 2.23. The van der Waals surface area contributed by atoms with Crippen LogP contribution in [-0.4, -0.2) is 40.6 Å². The molecule has 0 bridgehead atoms. The quantitative estimate of drug-likeness (QED) is 0.512. The van der Waals surface area contributed by atoms with Gasteiger partial charge in [-0.15, -0.1) is 0 Å². The van der Waals surface area contributed by atoms with Crippen molar-refractivity contribution in [2.75, 3.05) is 5.32 Å². The Balaban J connectivity index is 1.37. The van der Waals surface area contributed by atoms with Gasteiger partial charge < -0.3 is 10.1 Å². The third-order valence-electron chi connectivity index (χ3n) is 5.46. The van der Waals surface area contributed by atoms with Crippen LogP contribution in [0.25, 0.3) is 17.0 Å². The van der Waals surface area contributed by atoms with Gasteiger partial charge >= 0.3 is 6.01 Å². The molecule has 1 N–H and O–H groups in total. The number of carbonyl (C=O) groups is 1. The van der Waals surface area contributed by atoms with Crippen molar-refractivity contribution >= 4 is 22.8 Å². The standard InChI is InChI=1S/C21H22N8O2/c1-28-20(25-26-27-28)29-17-11-5-4-10-16(17)23-21(29)31-13-15-9-6-12-18(22-15)24-19(30)14-7-2-3-8-14/h4-6,9-12,14H,2-3,7-8,13H2,1H3,(H,22,24,30). The van der Waals surface area contributed by atoms with E-state index in [0.717, 1.165) is 36.7 Å². The smallest absolute Gasteiger partial charge is 0.305 e. The van der Waals surface area contributed by atoms with Crippen molar-refractivity contribution in [3.63, 3.8) is 0 Å². The molecule has 3 aromatic heterocycles. The molecule has 10 heteroatoms. The second-order valence-electron chi connectivity index (χ2n) is 7.59. The lowest BCUT2D eigenvalue weighted by Gasteiger charge is -2.11. The van der Waals surface area contributed by atoms with E-state index in [-0.39, 0.29) is 18.4 Å². The summed E-state index contributed by atoms with van der Waals surface area (Å²) >= 11 is 0. The lowest BCUT2D eigenvalue weighted by molar-refractivity contribution is -0.119. The number of amides is 1. The summed E-state index contributed by atoms with van der Waals surface area (Å²) in [5.74, 6) is 1.15. The Bertz CT molecular complexity index is 1230. The number of pyridine rings is 1. The molecule has 1 amide bonds. The predicted molar refractivity (Wildman–Crippen MR) is 113 cm³/mol. The Morgan fingerprint density at radius 2 is 1.97 bits per heavy atom. The number of aryl methyl sites for hydroxylation is 1. The minimum atomic E-state index is 0.0413. The van der Waals surface area contributed by atoms with Crippen molar-refractivity contribution in [2.45, 2.75) is 32.3 Å². The molecule has 0 saturated heterocycles. The molecule has 1 fully saturated rings. The van der Waals surface area contributed by atoms with E-state index in [1.165, 1.54) is 0 Å². The Morgan fingerprint density at radius 1 is 1.13 bits per heavy atom. The fourth-order valence-corrected chi connectivity index (χ4v) is 3.89. The number of hydrogen-bond donors (Lipinski definition) is 1. The first-order valence-corrected chi connectivity index (χ1v) is 10.3. The summed E-state index contributed by atoms with van der Waals surface area (Å²) < 4.78 is 9.33. The molecule has 1 aliphatic rings. The molecule has 0 unspecified atom stereocenters. The molecule has 0 atom stereocenters. The molecule has 1 aliphatic carbocycles. The van der Waals surface area contributed by atoms with Gasteiger partial charge in [-0.2, -0.15) is 4.98 Å². The zero-order chi connectivity index (χ0) is 21.2. The van der Waals surface area contributed by atoms with Crippen LogP contribution >= 0.6 is 0 Å². The van der Waals surface area contributed by atoms with Crippen LogP contribution in [0.5, 0.6) is 6.01 Å². The van der Waals surface area contributed by atoms with E-state index >= 15 is 0 Å². The van der Waals surface area contributed by atoms with Gasteiger partial charge in [-0.3, -0.25) is 4.79 Å². The second kappa shape index (κ2) is 8.13. The number of tetrazole rings is 1. The first-order valence-electron chi connectivity index (χ1n) is 10.3. The van der Waals surface area contributed by atoms with Crippen LogP contribution in [0.3, 0.4) is 0 Å². The SMILES string of the molecule is Cn1nnnc1-n1c(OCc2cccc(NC(=O)C3CCCC3)n2)nc2ccccc21. The number of para-hydroxylation sites is 2. The van der Waals surface area contributed by atoms with E-state index in [9.17, 15) is 4.79 Å². The number of hydrogen-bond acceptors (Lipinski definition) is 7. The average molecular weight is 418 g/mol. The molecule has 1 saturated carbocycles. The van der Waals surface area contributed by atoms with Crippen molar-refractivity contribution in [3.05, 3.63) is 48.2 Å². The highest BCUT2D eigenvalue weighted by atomic mass is 16.5. The molecular formula is C21H22N8O2. The Morgan fingerprint density at radius 3 is 2.77 bits per heavy atom. The first-order chi connectivity index (χ1) is 15.2. The summed E-state index contributed by atoms with van der Waals surface area (Å²) in [6.07, 6.45) is 4.12. The maximum absolute atomic E-state index is 12.4. The fourth-order valence-electron chi connectivity index (χ4n) is 3.89. The van der Waals surface area contributed by atoms with Crippen molar-refractivity contribution in [2.24, 2.45) is 13.0 Å². The van der Waals surface area contributed by atoms with E-state index in [1.54, 1.807) is 22.4 Å². The van der Waals surface area contributed by atoms with Crippen LogP contribution in [0.4, 0.5) is 5.82 Å². The molecule has 0 aliphatic heterocycles. The van der Waals surface area contributed by atoms with E-state index < -0.39 is 0 Å². The van der Waals surface area contributed by atoms with Gasteiger partial charge in [0.1, 0.15) is 12.4 Å². The summed E-state index contributed by atoms with van der Waals surface area (Å²) in [7, 11) is 1.76. The van der Waals surface area contributed by atoms with Crippen LogP contribution in [-0.2, 0) is 18.4 Å². The van der Waals surface area contributed by atoms with E-state index in [2.05, 4.69) is 30.8 Å². The Hall–Kier alpha value is -3.82. The number of nitrogens with zero attached hydrogens (tertiary/aromatic N) is 7. The molecule has 0 radical (unpaired) electrons. The van der Waals surface area contributed by atoms with Gasteiger partial charge in [0.2, 0.25) is 5.91 Å². The molecule has 31 heavy (non-hydrogen) atoms. The van der Waals surface area contributed by atoms with E-state index in [0.29, 0.717) is 23.5 Å². The Labute approximate surface area is 178 Å². The van der Waals surface area contributed by atoms with Crippen LogP contribution in [0.1, 0.15) is 31.4 Å². The monoisotopic (exact) mass is 418 g/mol. The van der Waals surface area contributed by atoms with Gasteiger partial charge in [0.05, 0.1) is 16.7 Å². The van der Waals surface area contributed by atoms with Gasteiger partial charge in [0, 0.05) is 13.0 Å². The zero-order valence-electron chi connectivity index (χ0n) is 17.1. The third-order valence-corrected chi connectivity index (χ3v) is 5.46. The first kappa shape index (κ1) is 19.2. The molecule has 158 valence electrons. The number of ether oxygens (including phenoxy) is 1. The minimum absolute atomic E-state index is 0.0413. The highest BCUT2D eigenvalue weighted by molar-refractivity contribution is 5.91. The van der Waals surface area contributed by atoms with Crippen LogP contribution in [0.15, 0.2) is 42.5 Å². The molecule has 4 aromatic rings. The summed E-state index contributed by atoms with van der Waals surface area (Å²) in [6.45, 7) is 0.182. The largest absolute Gasteiger partial charge is 0.458 e. The number of anilines is 1. The minimum Gasteiger partial charge on any atom is -0.458 e. The van der Waals surface area contributed by atoms with Crippen molar-refractivity contribution in [1.82, 2.24) is 34.7 Å². The number of fused-ring (bicyclic) bond motifs is 1. The van der Waals surface area contributed by atoms with Crippen molar-refractivity contribution in [3.8, 4) is 12.0 Å². The Kier molecular flexibility index (Phi) is 5.03. The van der Waals surface area contributed by atoms with Gasteiger partial charge in [-0.1, -0.05) is 36.1 Å². The molecule has 10 nitrogen and oxygen atoms in total. The maximum Gasteiger partial charge on any atom is 0.305 e. The van der Waals surface area contributed by atoms with Crippen LogP contribution in [0.2, 0.25) is 0 Å². The second-order valence-corrected chi connectivity index (χ2v) is 7.59. The van der Waals surface area contributed by atoms with Crippen LogP contribution in [0, 0.1) is 5.92 Å². The number of nitrogens with one attached hydrogen (secondary N) is 1. The topological polar surface area (TPSA) is 113 Å². The molecule has 0 spiro atoms. The van der Waals surface area contributed by atoms with Crippen molar-refractivity contribution in [1.29, 1.82) is 0 Å². The van der Waals surface area contributed by atoms with E-state index in [4.69, 9.17) is 4.74 Å². The number of aromatic nitrogens is 7. The lowest BCUT2D eigenvalue weighted by Crippen LogP contribution is -2.21. The van der Waals surface area contributed by atoms with Gasteiger partial charge in [0.15, 0.2) is 0 Å². The van der Waals surface area contributed by atoms with Gasteiger partial charge in [-0.25, -0.2) is 14.2 Å². The number of carbonyl (C=O) groups excluding carboxylic acids is 1. The normalized spacial score (nSPS) is 14.2. The summed E-state index contributed by atoms with van der Waals surface area (Å²) in [5.41, 5.74) is 2.28. The predicted octanol–water partition coefficient (Wildman–Crippen LogP) is 2.65. The molecule has 3 heterocycles. The van der Waals surface area contributed by atoms with Crippen molar-refractivity contribution < 1.29 is 9.53 Å². The fraction of sp³-hybridized carbons (Fsp3) is 0.333.